The summed E-state index contributed by atoms with van der Waals surface area (Å²) in [4.78, 5) is 29.8. The molecule has 1 saturated heterocycles. The van der Waals surface area contributed by atoms with Crippen LogP contribution in [0, 0.1) is 0 Å². The molecule has 1 aromatic carbocycles. The molecular weight excluding hydrogens is 370 g/mol. The van der Waals surface area contributed by atoms with Gasteiger partial charge in [0.25, 0.3) is 0 Å². The lowest BCUT2D eigenvalue weighted by atomic mass is 9.86. The summed E-state index contributed by atoms with van der Waals surface area (Å²) in [6, 6.07) is 11.3. The number of aromatic nitrogens is 1. The number of allylic oxidation sites excluding steroid dienone is 1. The second-order valence-electron chi connectivity index (χ2n) is 7.22. The number of fused-ring (bicyclic) bond motifs is 2. The van der Waals surface area contributed by atoms with E-state index in [0.717, 1.165) is 52.8 Å². The average Bonchev–Trinajstić information content (AvgIpc) is 3.38. The fourth-order valence-electron chi connectivity index (χ4n) is 4.03. The van der Waals surface area contributed by atoms with E-state index in [-0.39, 0.29) is 6.61 Å². The summed E-state index contributed by atoms with van der Waals surface area (Å²) < 4.78 is 15.9. The van der Waals surface area contributed by atoms with Gasteiger partial charge < -0.3 is 13.9 Å². The van der Waals surface area contributed by atoms with Gasteiger partial charge in [-0.3, -0.25) is 0 Å². The van der Waals surface area contributed by atoms with Crippen molar-refractivity contribution in [3.8, 4) is 0 Å². The van der Waals surface area contributed by atoms with Crippen molar-refractivity contribution in [2.75, 3.05) is 6.61 Å². The van der Waals surface area contributed by atoms with Crippen LogP contribution in [0.2, 0.25) is 0 Å². The highest BCUT2D eigenvalue weighted by molar-refractivity contribution is 6.07. The van der Waals surface area contributed by atoms with Gasteiger partial charge in [0.1, 0.15) is 5.76 Å². The third-order valence-corrected chi connectivity index (χ3v) is 5.37. The maximum Gasteiger partial charge on any atom is 0.347 e. The molecule has 0 N–H and O–H groups in total. The number of hydrogen-bond acceptors (Lipinski definition) is 6. The van der Waals surface area contributed by atoms with Crippen LogP contribution < -0.4 is 0 Å². The molecule has 1 aliphatic heterocycles. The van der Waals surface area contributed by atoms with Gasteiger partial charge in [0.2, 0.25) is 6.10 Å². The molecule has 1 aliphatic carbocycles. The summed E-state index contributed by atoms with van der Waals surface area (Å²) >= 11 is 0. The molecule has 1 atom stereocenters. The van der Waals surface area contributed by atoms with E-state index in [1.165, 1.54) is 0 Å². The van der Waals surface area contributed by atoms with Crippen LogP contribution >= 0.6 is 0 Å². The molecule has 0 amide bonds. The van der Waals surface area contributed by atoms with Crippen LogP contribution in [-0.2, 0) is 20.7 Å². The van der Waals surface area contributed by atoms with E-state index in [2.05, 4.69) is 0 Å². The lowest BCUT2D eigenvalue weighted by Crippen LogP contribution is -2.24. The summed E-state index contributed by atoms with van der Waals surface area (Å²) in [6.07, 6.45) is 5.62. The van der Waals surface area contributed by atoms with Gasteiger partial charge in [0.05, 0.1) is 29.6 Å². The van der Waals surface area contributed by atoms with E-state index >= 15 is 0 Å². The Morgan fingerprint density at radius 2 is 2.07 bits per heavy atom. The Kier molecular flexibility index (Phi) is 4.39. The Bertz CT molecular complexity index is 1130. The summed E-state index contributed by atoms with van der Waals surface area (Å²) in [5.41, 5.74) is 3.91. The fourth-order valence-corrected chi connectivity index (χ4v) is 4.03. The third-order valence-electron chi connectivity index (χ3n) is 5.37. The first kappa shape index (κ1) is 17.7. The maximum absolute atomic E-state index is 13.2. The number of pyridine rings is 1. The van der Waals surface area contributed by atoms with Crippen molar-refractivity contribution in [3.63, 3.8) is 0 Å². The molecule has 146 valence electrons. The van der Waals surface area contributed by atoms with Gasteiger partial charge >= 0.3 is 11.9 Å². The molecule has 2 aromatic heterocycles. The van der Waals surface area contributed by atoms with Crippen molar-refractivity contribution in [1.82, 2.24) is 4.98 Å². The first-order valence-electron chi connectivity index (χ1n) is 9.74. The van der Waals surface area contributed by atoms with Crippen LogP contribution in [0.1, 0.15) is 46.6 Å². The highest BCUT2D eigenvalue weighted by atomic mass is 16.6. The zero-order valence-electron chi connectivity index (χ0n) is 15.7. The molecular formula is C23H19NO5. The van der Waals surface area contributed by atoms with E-state index in [9.17, 15) is 9.59 Å². The number of esters is 2. The predicted octanol–water partition coefficient (Wildman–Crippen LogP) is 4.18. The third kappa shape index (κ3) is 3.20. The molecule has 5 rings (SSSR count). The minimum atomic E-state index is -0.841. The van der Waals surface area contributed by atoms with Gasteiger partial charge in [0, 0.05) is 11.8 Å². The molecule has 6 nitrogen and oxygen atoms in total. The average molecular weight is 389 g/mol. The molecule has 0 saturated carbocycles. The van der Waals surface area contributed by atoms with E-state index < -0.39 is 18.0 Å². The summed E-state index contributed by atoms with van der Waals surface area (Å²) in [6.45, 7) is 0.280. The Morgan fingerprint density at radius 3 is 2.86 bits per heavy atom. The van der Waals surface area contributed by atoms with Crippen LogP contribution in [0.4, 0.5) is 0 Å². The maximum atomic E-state index is 13.2. The molecule has 2 aliphatic rings. The van der Waals surface area contributed by atoms with Crippen molar-refractivity contribution >= 4 is 34.5 Å². The molecule has 0 radical (unpaired) electrons. The SMILES string of the molecule is O=C(O[C@@H]1CCOC1=O)c1c2c(nc3ccccc13)/C(=C/c1ccco1)CCC2. The number of ether oxygens (including phenoxy) is 2. The molecule has 0 unspecified atom stereocenters. The first-order chi connectivity index (χ1) is 14.2. The Hall–Kier alpha value is -3.41. The van der Waals surface area contributed by atoms with E-state index in [1.807, 2.05) is 42.5 Å². The van der Waals surface area contributed by atoms with Crippen molar-refractivity contribution in [3.05, 3.63) is 65.2 Å². The van der Waals surface area contributed by atoms with Crippen LogP contribution in [-0.4, -0.2) is 29.6 Å². The summed E-state index contributed by atoms with van der Waals surface area (Å²) in [7, 11) is 0. The standard InChI is InChI=1S/C23H19NO5/c25-22-19(10-12-28-22)29-23(26)20-16-7-1-2-9-18(16)24-21-14(5-3-8-17(20)21)13-15-6-4-11-27-15/h1-2,4,6-7,9,11,13,19H,3,5,8,10,12H2/b14-13+/t19-/m1/s1. The minimum Gasteiger partial charge on any atom is -0.465 e. The normalized spacial score (nSPS) is 19.9. The quantitative estimate of drug-likeness (QED) is 0.626. The molecule has 0 spiro atoms. The van der Waals surface area contributed by atoms with Gasteiger partial charge in [-0.05, 0) is 54.7 Å². The number of furan rings is 1. The van der Waals surface area contributed by atoms with Crippen LogP contribution in [0.3, 0.4) is 0 Å². The Labute approximate surface area is 167 Å². The predicted molar refractivity (Wildman–Crippen MR) is 106 cm³/mol. The second-order valence-corrected chi connectivity index (χ2v) is 7.22. The summed E-state index contributed by atoms with van der Waals surface area (Å²) in [5, 5.41) is 0.738. The smallest absolute Gasteiger partial charge is 0.347 e. The molecule has 1 fully saturated rings. The van der Waals surface area contributed by atoms with Crippen molar-refractivity contribution in [2.45, 2.75) is 31.8 Å². The number of benzene rings is 1. The zero-order valence-corrected chi connectivity index (χ0v) is 15.7. The fraction of sp³-hybridized carbons (Fsp3) is 0.261. The van der Waals surface area contributed by atoms with E-state index in [0.29, 0.717) is 12.0 Å². The second kappa shape index (κ2) is 7.20. The lowest BCUT2D eigenvalue weighted by Gasteiger charge is -2.22. The van der Waals surface area contributed by atoms with E-state index in [1.54, 1.807) is 6.26 Å². The number of carbonyl (C=O) groups excluding carboxylic acids is 2. The number of hydrogen-bond donors (Lipinski definition) is 0. The monoisotopic (exact) mass is 389 g/mol. The van der Waals surface area contributed by atoms with Crippen molar-refractivity contribution in [2.24, 2.45) is 0 Å². The number of cyclic esters (lactones) is 1. The molecule has 3 aromatic rings. The number of nitrogens with zero attached hydrogens (tertiary/aromatic N) is 1. The molecule has 0 bridgehead atoms. The highest BCUT2D eigenvalue weighted by Gasteiger charge is 2.33. The lowest BCUT2D eigenvalue weighted by molar-refractivity contribution is -0.145. The largest absolute Gasteiger partial charge is 0.465 e. The first-order valence-corrected chi connectivity index (χ1v) is 9.74. The van der Waals surface area contributed by atoms with Gasteiger partial charge in [-0.15, -0.1) is 0 Å². The Balaban J connectivity index is 1.65. The van der Waals surface area contributed by atoms with Gasteiger partial charge in [-0.2, -0.15) is 0 Å². The number of para-hydroxylation sites is 1. The molecule has 3 heterocycles. The molecule has 29 heavy (non-hydrogen) atoms. The topological polar surface area (TPSA) is 78.6 Å². The molecule has 6 heteroatoms. The van der Waals surface area contributed by atoms with E-state index in [4.69, 9.17) is 18.9 Å². The number of rotatable bonds is 3. The van der Waals surface area contributed by atoms with Crippen LogP contribution in [0.5, 0.6) is 0 Å². The number of carbonyl (C=O) groups is 2. The van der Waals surface area contributed by atoms with Gasteiger partial charge in [-0.1, -0.05) is 18.2 Å². The van der Waals surface area contributed by atoms with Crippen LogP contribution in [0.15, 0.2) is 47.1 Å². The van der Waals surface area contributed by atoms with Crippen LogP contribution in [0.25, 0.3) is 22.6 Å². The van der Waals surface area contributed by atoms with Gasteiger partial charge in [0.15, 0.2) is 0 Å². The van der Waals surface area contributed by atoms with Crippen molar-refractivity contribution in [1.29, 1.82) is 0 Å². The highest BCUT2D eigenvalue weighted by Crippen LogP contribution is 2.36. The van der Waals surface area contributed by atoms with Crippen molar-refractivity contribution < 1.29 is 23.5 Å². The summed E-state index contributed by atoms with van der Waals surface area (Å²) in [5.74, 6) is -0.229. The minimum absolute atomic E-state index is 0.280. The zero-order chi connectivity index (χ0) is 19.8. The van der Waals surface area contributed by atoms with Gasteiger partial charge in [-0.25, -0.2) is 14.6 Å². The Morgan fingerprint density at radius 1 is 1.17 bits per heavy atom.